The molecule has 0 unspecified atom stereocenters. The van der Waals surface area contributed by atoms with E-state index in [0.717, 1.165) is 6.20 Å². The van der Waals surface area contributed by atoms with Crippen LogP contribution < -0.4 is 10.1 Å². The van der Waals surface area contributed by atoms with Crippen LogP contribution in [-0.2, 0) is 23.8 Å². The minimum atomic E-state index is -1.34. The fourth-order valence-electron chi connectivity index (χ4n) is 2.02. The van der Waals surface area contributed by atoms with Crippen LogP contribution in [0, 0.1) is 0 Å². The normalized spacial score (nSPS) is 15.8. The molecule has 0 aromatic heterocycles. The summed E-state index contributed by atoms with van der Waals surface area (Å²) in [6.07, 6.45) is 1.08. The molecule has 25 heavy (non-hydrogen) atoms. The number of nitrogens with one attached hydrogen (secondary N) is 1. The van der Waals surface area contributed by atoms with E-state index in [2.05, 4.69) is 10.1 Å². The van der Waals surface area contributed by atoms with Gasteiger partial charge in [0.1, 0.15) is 10.8 Å². The van der Waals surface area contributed by atoms with E-state index in [-0.39, 0.29) is 27.6 Å². The highest BCUT2D eigenvalue weighted by Crippen LogP contribution is 2.34. The summed E-state index contributed by atoms with van der Waals surface area (Å²) in [5.41, 5.74) is 0.0387. The molecule has 1 N–H and O–H groups in total. The number of halogens is 1. The van der Waals surface area contributed by atoms with Crippen LogP contribution in [0.5, 0.6) is 5.75 Å². The zero-order valence-corrected chi connectivity index (χ0v) is 14.7. The lowest BCUT2D eigenvalue weighted by atomic mass is 10.1. The van der Waals surface area contributed by atoms with E-state index in [1.165, 1.54) is 40.2 Å². The van der Waals surface area contributed by atoms with E-state index in [1.807, 2.05) is 0 Å². The molecule has 2 rings (SSSR count). The van der Waals surface area contributed by atoms with Gasteiger partial charge >= 0.3 is 17.9 Å². The SMILES string of the molecule is COC(=O)c1cc(NC=C2C(=O)OC(C)(C)OC2=O)c(Cl)c(OC)c1. The van der Waals surface area contributed by atoms with Gasteiger partial charge < -0.3 is 24.3 Å². The topological polar surface area (TPSA) is 100 Å². The molecule has 1 heterocycles. The first-order valence-electron chi connectivity index (χ1n) is 7.07. The van der Waals surface area contributed by atoms with Gasteiger partial charge in [0.25, 0.3) is 5.79 Å². The molecular weight excluding hydrogens is 354 g/mol. The summed E-state index contributed by atoms with van der Waals surface area (Å²) in [6.45, 7) is 2.88. The van der Waals surface area contributed by atoms with Crippen LogP contribution in [0.15, 0.2) is 23.9 Å². The molecule has 1 fully saturated rings. The fourth-order valence-corrected chi connectivity index (χ4v) is 2.26. The molecule has 0 bridgehead atoms. The number of rotatable bonds is 4. The number of carbonyl (C=O) groups excluding carboxylic acids is 3. The van der Waals surface area contributed by atoms with E-state index in [1.54, 1.807) is 0 Å². The predicted octanol–water partition coefficient (Wildman–Crippen LogP) is 2.27. The number of benzene rings is 1. The van der Waals surface area contributed by atoms with E-state index in [9.17, 15) is 14.4 Å². The van der Waals surface area contributed by atoms with Crippen molar-refractivity contribution in [3.05, 3.63) is 34.5 Å². The second-order valence-electron chi connectivity index (χ2n) is 5.41. The third-order valence-corrected chi connectivity index (χ3v) is 3.56. The average molecular weight is 370 g/mol. The molecule has 8 nitrogen and oxygen atoms in total. The lowest BCUT2D eigenvalue weighted by molar-refractivity contribution is -0.222. The van der Waals surface area contributed by atoms with Crippen LogP contribution in [-0.4, -0.2) is 37.9 Å². The van der Waals surface area contributed by atoms with Gasteiger partial charge in [-0.15, -0.1) is 0 Å². The summed E-state index contributed by atoms with van der Waals surface area (Å²) in [5.74, 6) is -3.43. The van der Waals surface area contributed by atoms with Crippen LogP contribution >= 0.6 is 11.6 Å². The van der Waals surface area contributed by atoms with Gasteiger partial charge in [0.2, 0.25) is 0 Å². The van der Waals surface area contributed by atoms with Crippen molar-refractivity contribution in [3.8, 4) is 5.75 Å². The van der Waals surface area contributed by atoms with E-state index in [0.29, 0.717) is 0 Å². The van der Waals surface area contributed by atoms with Crippen molar-refractivity contribution in [1.29, 1.82) is 0 Å². The molecule has 1 aliphatic heterocycles. The maximum absolute atomic E-state index is 11.9. The van der Waals surface area contributed by atoms with E-state index in [4.69, 9.17) is 25.8 Å². The summed E-state index contributed by atoms with van der Waals surface area (Å²) in [5, 5.41) is 2.82. The van der Waals surface area contributed by atoms with Crippen LogP contribution in [0.1, 0.15) is 24.2 Å². The Morgan fingerprint density at radius 2 is 1.80 bits per heavy atom. The predicted molar refractivity (Wildman–Crippen MR) is 87.3 cm³/mol. The fraction of sp³-hybridized carbons (Fsp3) is 0.312. The molecule has 1 aromatic rings. The molecule has 0 atom stereocenters. The summed E-state index contributed by atoms with van der Waals surface area (Å²) >= 11 is 6.16. The third-order valence-electron chi connectivity index (χ3n) is 3.17. The Balaban J connectivity index is 2.35. The molecule has 134 valence electrons. The van der Waals surface area contributed by atoms with Gasteiger partial charge in [-0.1, -0.05) is 11.6 Å². The first-order chi connectivity index (χ1) is 11.7. The Morgan fingerprint density at radius 3 is 2.32 bits per heavy atom. The zero-order valence-electron chi connectivity index (χ0n) is 14.0. The van der Waals surface area contributed by atoms with Crippen LogP contribution in [0.25, 0.3) is 0 Å². The van der Waals surface area contributed by atoms with E-state index < -0.39 is 23.7 Å². The van der Waals surface area contributed by atoms with Gasteiger partial charge in [0, 0.05) is 20.0 Å². The van der Waals surface area contributed by atoms with Crippen molar-refractivity contribution in [2.24, 2.45) is 0 Å². The molecule has 1 aliphatic rings. The highest BCUT2D eigenvalue weighted by atomic mass is 35.5. The number of ether oxygens (including phenoxy) is 4. The van der Waals surface area contributed by atoms with E-state index >= 15 is 0 Å². The highest BCUT2D eigenvalue weighted by Gasteiger charge is 2.39. The van der Waals surface area contributed by atoms with Gasteiger partial charge in [0.15, 0.2) is 5.57 Å². The molecule has 0 spiro atoms. The van der Waals surface area contributed by atoms with Crippen LogP contribution in [0.3, 0.4) is 0 Å². The van der Waals surface area contributed by atoms with Crippen molar-refractivity contribution in [2.45, 2.75) is 19.6 Å². The van der Waals surface area contributed by atoms with Crippen LogP contribution in [0.2, 0.25) is 5.02 Å². The van der Waals surface area contributed by atoms with Gasteiger partial charge in [-0.2, -0.15) is 0 Å². The van der Waals surface area contributed by atoms with Crippen molar-refractivity contribution in [3.63, 3.8) is 0 Å². The Labute approximate surface area is 148 Å². The molecule has 0 radical (unpaired) electrons. The monoisotopic (exact) mass is 369 g/mol. The molecular formula is C16H16ClNO7. The van der Waals surface area contributed by atoms with Crippen molar-refractivity contribution in [1.82, 2.24) is 0 Å². The second kappa shape index (κ2) is 7.02. The van der Waals surface area contributed by atoms with Crippen molar-refractivity contribution < 1.29 is 33.3 Å². The van der Waals surface area contributed by atoms with Gasteiger partial charge in [-0.3, -0.25) is 0 Å². The maximum Gasteiger partial charge on any atom is 0.350 e. The number of hydrogen-bond donors (Lipinski definition) is 1. The number of esters is 3. The van der Waals surface area contributed by atoms with Gasteiger partial charge in [-0.25, -0.2) is 14.4 Å². The molecule has 9 heteroatoms. The third kappa shape index (κ3) is 4.03. The minimum absolute atomic E-state index is 0.143. The largest absolute Gasteiger partial charge is 0.495 e. The standard InChI is InChI=1S/C16H16ClNO7/c1-16(2)24-14(20)9(15(21)25-16)7-18-10-5-8(13(19)23-4)6-11(22-3)12(10)17/h5-7,18H,1-4H3. The summed E-state index contributed by atoms with van der Waals surface area (Å²) < 4.78 is 19.7. The Hall–Kier alpha value is -2.74. The Morgan fingerprint density at radius 1 is 1.20 bits per heavy atom. The van der Waals surface area contributed by atoms with Crippen molar-refractivity contribution in [2.75, 3.05) is 19.5 Å². The number of anilines is 1. The summed E-state index contributed by atoms with van der Waals surface area (Å²) in [7, 11) is 2.61. The van der Waals surface area contributed by atoms with Crippen LogP contribution in [0.4, 0.5) is 5.69 Å². The average Bonchev–Trinajstić information content (AvgIpc) is 2.53. The number of methoxy groups -OCH3 is 2. The molecule has 0 saturated carbocycles. The minimum Gasteiger partial charge on any atom is -0.495 e. The number of hydrogen-bond acceptors (Lipinski definition) is 8. The number of carbonyl (C=O) groups is 3. The molecule has 1 saturated heterocycles. The maximum atomic E-state index is 11.9. The first kappa shape index (κ1) is 18.6. The second-order valence-corrected chi connectivity index (χ2v) is 5.79. The van der Waals surface area contributed by atoms with Gasteiger partial charge in [-0.05, 0) is 12.1 Å². The Kier molecular flexibility index (Phi) is 5.22. The summed E-state index contributed by atoms with van der Waals surface area (Å²) in [6, 6.07) is 2.79. The lowest BCUT2D eigenvalue weighted by Crippen LogP contribution is -2.42. The zero-order chi connectivity index (χ0) is 18.8. The molecule has 0 amide bonds. The highest BCUT2D eigenvalue weighted by molar-refractivity contribution is 6.35. The quantitative estimate of drug-likeness (QED) is 0.490. The summed E-state index contributed by atoms with van der Waals surface area (Å²) in [4.78, 5) is 35.5. The lowest BCUT2D eigenvalue weighted by Gasteiger charge is -2.29. The molecule has 1 aromatic carbocycles. The smallest absolute Gasteiger partial charge is 0.350 e. The Bertz CT molecular complexity index is 748. The molecule has 0 aliphatic carbocycles. The number of cyclic esters (lactones) is 2. The van der Waals surface area contributed by atoms with Gasteiger partial charge in [0.05, 0.1) is 25.5 Å². The van der Waals surface area contributed by atoms with Crippen molar-refractivity contribution >= 4 is 35.2 Å². The first-order valence-corrected chi connectivity index (χ1v) is 7.45.